The Hall–Kier alpha value is -2.08. The molecule has 0 atom stereocenters. The van der Waals surface area contributed by atoms with Crippen molar-refractivity contribution in [2.24, 2.45) is 0 Å². The van der Waals surface area contributed by atoms with Crippen LogP contribution in [0.5, 0.6) is 0 Å². The van der Waals surface area contributed by atoms with Crippen LogP contribution in [0.15, 0.2) is 23.9 Å². The zero-order chi connectivity index (χ0) is 15.5. The Balaban J connectivity index is 1.99. The third kappa shape index (κ3) is 1.98. The van der Waals surface area contributed by atoms with Gasteiger partial charge in [-0.3, -0.25) is 4.79 Å². The van der Waals surface area contributed by atoms with Gasteiger partial charge in [0, 0.05) is 17.7 Å². The summed E-state index contributed by atoms with van der Waals surface area (Å²) in [7, 11) is 0. The van der Waals surface area contributed by atoms with Crippen molar-refractivity contribution >= 4 is 17.4 Å². The van der Waals surface area contributed by atoms with Crippen molar-refractivity contribution in [2.45, 2.75) is 39.3 Å². The first kappa shape index (κ1) is 13.9. The highest BCUT2D eigenvalue weighted by atomic mass is 16.3. The van der Waals surface area contributed by atoms with Crippen LogP contribution in [-0.4, -0.2) is 38.3 Å². The van der Waals surface area contributed by atoms with Crippen molar-refractivity contribution in [3.8, 4) is 0 Å². The average Bonchev–Trinajstić information content (AvgIpc) is 2.92. The van der Waals surface area contributed by atoms with Gasteiger partial charge in [0.05, 0.1) is 17.9 Å². The molecule has 0 radical (unpaired) electrons. The topological polar surface area (TPSA) is 70.4 Å². The fourth-order valence-electron chi connectivity index (χ4n) is 2.61. The Morgan fingerprint density at radius 1 is 1.48 bits per heavy atom. The maximum absolute atomic E-state index is 12.4. The number of aromatic nitrogens is 2. The Bertz CT molecular complexity index is 676. The lowest BCUT2D eigenvalue weighted by Gasteiger charge is -2.20. The van der Waals surface area contributed by atoms with E-state index in [-0.39, 0.29) is 11.9 Å². The number of hydrogen-bond acceptors (Lipinski definition) is 4. The molecule has 1 aromatic heterocycles. The molecule has 112 valence electrons. The van der Waals surface area contributed by atoms with Gasteiger partial charge < -0.3 is 15.3 Å². The SMILES string of the molecule is C=C1C2=C(Nc3cc(C(C)(C)O)nn31)C(=O)N(C(C)C)C2. The van der Waals surface area contributed by atoms with Crippen LogP contribution in [0.25, 0.3) is 5.70 Å². The van der Waals surface area contributed by atoms with E-state index in [4.69, 9.17) is 0 Å². The number of hydrogen-bond donors (Lipinski definition) is 2. The molecular formula is C15H20N4O2. The molecule has 21 heavy (non-hydrogen) atoms. The van der Waals surface area contributed by atoms with E-state index in [0.717, 1.165) is 5.57 Å². The summed E-state index contributed by atoms with van der Waals surface area (Å²) >= 11 is 0. The highest BCUT2D eigenvalue weighted by Crippen LogP contribution is 2.36. The van der Waals surface area contributed by atoms with Crippen molar-refractivity contribution in [3.05, 3.63) is 29.6 Å². The molecule has 6 heteroatoms. The monoisotopic (exact) mass is 288 g/mol. The number of rotatable bonds is 2. The van der Waals surface area contributed by atoms with Gasteiger partial charge in [-0.2, -0.15) is 5.10 Å². The van der Waals surface area contributed by atoms with Crippen LogP contribution in [0.2, 0.25) is 0 Å². The standard InChI is InChI=1S/C15H20N4O2/c1-8(2)18-7-10-9(3)19-12(16-13(10)14(18)20)6-11(17-19)15(4,5)21/h6,8,16,21H,3,7H2,1-2,4-5H3. The summed E-state index contributed by atoms with van der Waals surface area (Å²) in [4.78, 5) is 14.2. The molecule has 2 aliphatic rings. The summed E-state index contributed by atoms with van der Waals surface area (Å²) in [6, 6.07) is 1.89. The zero-order valence-electron chi connectivity index (χ0n) is 12.8. The zero-order valence-corrected chi connectivity index (χ0v) is 12.8. The van der Waals surface area contributed by atoms with Crippen molar-refractivity contribution in [3.63, 3.8) is 0 Å². The summed E-state index contributed by atoms with van der Waals surface area (Å²) in [5.41, 5.74) is 1.63. The number of fused-ring (bicyclic) bond motifs is 1. The van der Waals surface area contributed by atoms with E-state index < -0.39 is 5.60 Å². The molecule has 0 aromatic carbocycles. The van der Waals surface area contributed by atoms with Crippen LogP contribution < -0.4 is 5.32 Å². The van der Waals surface area contributed by atoms with Crippen LogP contribution in [-0.2, 0) is 10.4 Å². The summed E-state index contributed by atoms with van der Waals surface area (Å²) in [6.07, 6.45) is 0. The quantitative estimate of drug-likeness (QED) is 0.865. The smallest absolute Gasteiger partial charge is 0.271 e. The molecule has 0 bridgehead atoms. The maximum atomic E-state index is 12.4. The number of nitrogens with one attached hydrogen (secondary N) is 1. The van der Waals surface area contributed by atoms with Crippen LogP contribution in [0.1, 0.15) is 33.4 Å². The van der Waals surface area contributed by atoms with E-state index in [0.29, 0.717) is 29.5 Å². The van der Waals surface area contributed by atoms with Gasteiger partial charge in [-0.05, 0) is 27.7 Å². The number of carbonyl (C=O) groups is 1. The van der Waals surface area contributed by atoms with Crippen LogP contribution in [0.4, 0.5) is 5.82 Å². The van der Waals surface area contributed by atoms with Gasteiger partial charge in [0.25, 0.3) is 5.91 Å². The summed E-state index contributed by atoms with van der Waals surface area (Å²) in [5.74, 6) is 0.647. The second-order valence-corrected chi connectivity index (χ2v) is 6.34. The predicted molar refractivity (Wildman–Crippen MR) is 80.3 cm³/mol. The number of anilines is 1. The normalized spacial score (nSPS) is 18.3. The van der Waals surface area contributed by atoms with Crippen molar-refractivity contribution in [2.75, 3.05) is 11.9 Å². The molecule has 2 N–H and O–H groups in total. The molecule has 1 aromatic rings. The minimum Gasteiger partial charge on any atom is -0.384 e. The first-order valence-corrected chi connectivity index (χ1v) is 7.04. The number of nitrogens with zero attached hydrogens (tertiary/aromatic N) is 3. The number of amides is 1. The highest BCUT2D eigenvalue weighted by molar-refractivity contribution is 6.04. The lowest BCUT2D eigenvalue weighted by Crippen LogP contribution is -2.34. The van der Waals surface area contributed by atoms with Gasteiger partial charge in [0.15, 0.2) is 0 Å². The van der Waals surface area contributed by atoms with Gasteiger partial charge in [0.2, 0.25) is 0 Å². The Labute approximate surface area is 123 Å². The maximum Gasteiger partial charge on any atom is 0.271 e. The summed E-state index contributed by atoms with van der Waals surface area (Å²) in [6.45, 7) is 11.9. The van der Waals surface area contributed by atoms with E-state index in [2.05, 4.69) is 17.0 Å². The molecule has 0 aliphatic carbocycles. The van der Waals surface area contributed by atoms with Gasteiger partial charge in [-0.15, -0.1) is 0 Å². The van der Waals surface area contributed by atoms with Crippen LogP contribution in [0, 0.1) is 0 Å². The first-order chi connectivity index (χ1) is 9.70. The third-order valence-electron chi connectivity index (χ3n) is 3.92. The summed E-state index contributed by atoms with van der Waals surface area (Å²) in [5, 5.41) is 17.6. The fourth-order valence-corrected chi connectivity index (χ4v) is 2.61. The molecule has 6 nitrogen and oxygen atoms in total. The second kappa shape index (κ2) is 4.21. The van der Waals surface area contributed by atoms with Gasteiger partial charge in [0.1, 0.15) is 17.1 Å². The van der Waals surface area contributed by atoms with Crippen LogP contribution >= 0.6 is 0 Å². The van der Waals surface area contributed by atoms with E-state index in [1.807, 2.05) is 13.8 Å². The lowest BCUT2D eigenvalue weighted by atomic mass is 10.1. The molecular weight excluding hydrogens is 268 g/mol. The second-order valence-electron chi connectivity index (χ2n) is 6.34. The number of carbonyl (C=O) groups excluding carboxylic acids is 1. The minimum absolute atomic E-state index is 0.0154. The van der Waals surface area contributed by atoms with Gasteiger partial charge in [-0.25, -0.2) is 4.68 Å². The molecule has 2 aliphatic heterocycles. The average molecular weight is 288 g/mol. The van der Waals surface area contributed by atoms with E-state index in [1.54, 1.807) is 29.5 Å². The molecule has 0 fully saturated rings. The highest BCUT2D eigenvalue weighted by Gasteiger charge is 2.38. The Morgan fingerprint density at radius 3 is 2.71 bits per heavy atom. The molecule has 0 unspecified atom stereocenters. The minimum atomic E-state index is -1.04. The fraction of sp³-hybridized carbons (Fsp3) is 0.467. The molecule has 0 saturated carbocycles. The third-order valence-corrected chi connectivity index (χ3v) is 3.92. The van der Waals surface area contributed by atoms with E-state index in [1.165, 1.54) is 0 Å². The number of aliphatic hydroxyl groups is 1. The predicted octanol–water partition coefficient (Wildman–Crippen LogP) is 1.51. The first-order valence-electron chi connectivity index (χ1n) is 7.04. The van der Waals surface area contributed by atoms with E-state index >= 15 is 0 Å². The van der Waals surface area contributed by atoms with E-state index in [9.17, 15) is 9.90 Å². The molecule has 3 rings (SSSR count). The molecule has 0 saturated heterocycles. The molecule has 3 heterocycles. The summed E-state index contributed by atoms with van der Waals surface area (Å²) < 4.78 is 1.66. The molecule has 1 amide bonds. The van der Waals surface area contributed by atoms with Gasteiger partial charge in [-0.1, -0.05) is 6.58 Å². The molecule has 0 spiro atoms. The van der Waals surface area contributed by atoms with Crippen molar-refractivity contribution in [1.82, 2.24) is 14.7 Å². The van der Waals surface area contributed by atoms with Crippen molar-refractivity contribution in [1.29, 1.82) is 0 Å². The van der Waals surface area contributed by atoms with Crippen LogP contribution in [0.3, 0.4) is 0 Å². The Kier molecular flexibility index (Phi) is 2.78. The largest absolute Gasteiger partial charge is 0.384 e. The van der Waals surface area contributed by atoms with Gasteiger partial charge >= 0.3 is 0 Å². The lowest BCUT2D eigenvalue weighted by molar-refractivity contribution is -0.126. The Morgan fingerprint density at radius 2 is 2.14 bits per heavy atom. The van der Waals surface area contributed by atoms with Crippen molar-refractivity contribution < 1.29 is 9.90 Å².